The molecule has 3 rings (SSSR count). The van der Waals surface area contributed by atoms with Crippen molar-refractivity contribution in [1.29, 1.82) is 0 Å². The summed E-state index contributed by atoms with van der Waals surface area (Å²) in [7, 11) is -3.02. The molecule has 2 N–H and O–H groups in total. The summed E-state index contributed by atoms with van der Waals surface area (Å²) in [4.78, 5) is 1.90. The van der Waals surface area contributed by atoms with E-state index in [0.29, 0.717) is 24.1 Å². The number of hydrogen-bond donors (Lipinski definition) is 1. The highest BCUT2D eigenvalue weighted by atomic mass is 32.2. The van der Waals surface area contributed by atoms with Gasteiger partial charge in [0.1, 0.15) is 11.6 Å². The fourth-order valence-corrected chi connectivity index (χ4v) is 5.03. The van der Waals surface area contributed by atoms with Crippen molar-refractivity contribution < 1.29 is 17.2 Å². The van der Waals surface area contributed by atoms with E-state index < -0.39 is 21.5 Å². The number of rotatable bonds is 2. The molecular weight excluding hydrogens is 286 g/mol. The van der Waals surface area contributed by atoms with Gasteiger partial charge in [-0.3, -0.25) is 4.90 Å². The Kier molecular flexibility index (Phi) is 3.30. The predicted octanol–water partition coefficient (Wildman–Crippen LogP) is 0.967. The number of sulfone groups is 1. The van der Waals surface area contributed by atoms with Crippen molar-refractivity contribution in [3.05, 3.63) is 34.9 Å². The van der Waals surface area contributed by atoms with Crippen LogP contribution in [0.25, 0.3) is 0 Å². The number of hydrogen-bond acceptors (Lipinski definition) is 4. The Labute approximate surface area is 116 Å². The van der Waals surface area contributed by atoms with Gasteiger partial charge >= 0.3 is 0 Å². The second kappa shape index (κ2) is 4.75. The Bertz CT molecular complexity index is 648. The molecule has 0 amide bonds. The molecule has 1 saturated heterocycles. The minimum atomic E-state index is -3.02. The number of fused-ring (bicyclic) bond motifs is 1. The minimum absolute atomic E-state index is 0.0710. The highest BCUT2D eigenvalue weighted by Crippen LogP contribution is 2.38. The summed E-state index contributed by atoms with van der Waals surface area (Å²) in [6.07, 6.45) is 0.525. The van der Waals surface area contributed by atoms with Crippen LogP contribution in [0.1, 0.15) is 23.6 Å². The molecule has 2 aliphatic rings. The van der Waals surface area contributed by atoms with Gasteiger partial charge in [0.2, 0.25) is 0 Å². The van der Waals surface area contributed by atoms with Gasteiger partial charge in [-0.25, -0.2) is 17.2 Å². The van der Waals surface area contributed by atoms with E-state index in [1.165, 1.54) is 6.07 Å². The van der Waals surface area contributed by atoms with Crippen LogP contribution >= 0.6 is 0 Å². The van der Waals surface area contributed by atoms with E-state index >= 15 is 0 Å². The lowest BCUT2D eigenvalue weighted by Crippen LogP contribution is -2.38. The van der Waals surface area contributed by atoms with Crippen LogP contribution in [0.4, 0.5) is 8.78 Å². The quantitative estimate of drug-likeness (QED) is 0.884. The molecule has 2 atom stereocenters. The van der Waals surface area contributed by atoms with Gasteiger partial charge in [0.15, 0.2) is 9.84 Å². The van der Waals surface area contributed by atoms with Crippen molar-refractivity contribution in [3.8, 4) is 0 Å². The highest BCUT2D eigenvalue weighted by molar-refractivity contribution is 7.91. The summed E-state index contributed by atoms with van der Waals surface area (Å²) in [6.45, 7) is 0.540. The largest absolute Gasteiger partial charge is 0.329 e. The first-order valence-electron chi connectivity index (χ1n) is 6.55. The first-order chi connectivity index (χ1) is 9.41. The third kappa shape index (κ3) is 2.23. The van der Waals surface area contributed by atoms with Crippen LogP contribution in [0.15, 0.2) is 12.1 Å². The first-order valence-corrected chi connectivity index (χ1v) is 8.37. The molecule has 0 bridgehead atoms. The van der Waals surface area contributed by atoms with Gasteiger partial charge in [0, 0.05) is 30.8 Å². The van der Waals surface area contributed by atoms with Crippen LogP contribution in [0, 0.1) is 11.6 Å². The highest BCUT2D eigenvalue weighted by Gasteiger charge is 2.40. The van der Waals surface area contributed by atoms with Gasteiger partial charge in [-0.2, -0.15) is 0 Å². The summed E-state index contributed by atoms with van der Waals surface area (Å²) in [5, 5.41) is 0. The van der Waals surface area contributed by atoms with Gasteiger partial charge in [0.05, 0.1) is 17.5 Å². The van der Waals surface area contributed by atoms with Gasteiger partial charge in [-0.1, -0.05) is 0 Å². The molecule has 2 unspecified atom stereocenters. The smallest absolute Gasteiger partial charge is 0.151 e. The summed E-state index contributed by atoms with van der Waals surface area (Å²) < 4.78 is 50.4. The Morgan fingerprint density at radius 3 is 2.70 bits per heavy atom. The van der Waals surface area contributed by atoms with Crippen molar-refractivity contribution in [2.45, 2.75) is 25.0 Å². The van der Waals surface area contributed by atoms with Crippen LogP contribution < -0.4 is 5.73 Å². The molecule has 0 aromatic heterocycles. The van der Waals surface area contributed by atoms with E-state index in [4.69, 9.17) is 5.73 Å². The molecular formula is C13H16F2N2O2S. The fraction of sp³-hybridized carbons (Fsp3) is 0.538. The van der Waals surface area contributed by atoms with E-state index in [-0.39, 0.29) is 30.1 Å². The molecule has 2 aliphatic heterocycles. The SMILES string of the molecule is NCC1c2c(F)cc(F)cc2CN1C1CCS(=O)(=O)C1. The molecule has 0 saturated carbocycles. The molecule has 0 aliphatic carbocycles. The normalized spacial score (nSPS) is 28.8. The zero-order valence-electron chi connectivity index (χ0n) is 10.9. The van der Waals surface area contributed by atoms with Crippen molar-refractivity contribution in [2.24, 2.45) is 5.73 Å². The second-order valence-corrected chi connectivity index (χ2v) is 7.67. The summed E-state index contributed by atoms with van der Waals surface area (Å²) >= 11 is 0. The maximum Gasteiger partial charge on any atom is 0.151 e. The number of nitrogens with zero attached hydrogens (tertiary/aromatic N) is 1. The lowest BCUT2D eigenvalue weighted by molar-refractivity contribution is 0.162. The molecule has 7 heteroatoms. The van der Waals surface area contributed by atoms with Gasteiger partial charge in [0.25, 0.3) is 0 Å². The van der Waals surface area contributed by atoms with Crippen molar-refractivity contribution in [3.63, 3.8) is 0 Å². The fourth-order valence-electron chi connectivity index (χ4n) is 3.29. The lowest BCUT2D eigenvalue weighted by Gasteiger charge is -2.29. The molecule has 20 heavy (non-hydrogen) atoms. The molecule has 1 fully saturated rings. The van der Waals surface area contributed by atoms with Crippen LogP contribution in [-0.4, -0.2) is 37.4 Å². The second-order valence-electron chi connectivity index (χ2n) is 5.44. The number of nitrogens with two attached hydrogens (primary N) is 1. The van der Waals surface area contributed by atoms with Crippen molar-refractivity contribution in [1.82, 2.24) is 4.90 Å². The third-order valence-corrected chi connectivity index (χ3v) is 5.92. The summed E-state index contributed by atoms with van der Waals surface area (Å²) in [6, 6.07) is 1.63. The van der Waals surface area contributed by atoms with E-state index in [1.54, 1.807) is 0 Å². The van der Waals surface area contributed by atoms with Gasteiger partial charge in [-0.15, -0.1) is 0 Å². The Morgan fingerprint density at radius 2 is 2.10 bits per heavy atom. The molecule has 0 radical (unpaired) electrons. The lowest BCUT2D eigenvalue weighted by atomic mass is 10.0. The van der Waals surface area contributed by atoms with Crippen LogP contribution in [0.2, 0.25) is 0 Å². The van der Waals surface area contributed by atoms with Crippen LogP contribution in [0.3, 0.4) is 0 Å². The van der Waals surface area contributed by atoms with Crippen LogP contribution in [0.5, 0.6) is 0 Å². The maximum atomic E-state index is 14.0. The van der Waals surface area contributed by atoms with E-state index in [1.807, 2.05) is 4.90 Å². The Morgan fingerprint density at radius 1 is 1.35 bits per heavy atom. The average molecular weight is 302 g/mol. The monoisotopic (exact) mass is 302 g/mol. The predicted molar refractivity (Wildman–Crippen MR) is 70.8 cm³/mol. The standard InChI is InChI=1S/C13H16F2N2O2S/c14-9-3-8-6-17(10-1-2-20(18,19)7-10)12(5-16)13(8)11(15)4-9/h3-4,10,12H,1-2,5-7,16H2. The molecule has 4 nitrogen and oxygen atoms in total. The van der Waals surface area contributed by atoms with E-state index in [0.717, 1.165) is 6.07 Å². The van der Waals surface area contributed by atoms with Gasteiger partial charge in [-0.05, 0) is 18.1 Å². The molecule has 110 valence electrons. The summed E-state index contributed by atoms with van der Waals surface area (Å²) in [5.74, 6) is -0.989. The number of benzene rings is 1. The molecule has 0 spiro atoms. The Balaban J connectivity index is 1.95. The van der Waals surface area contributed by atoms with E-state index in [9.17, 15) is 17.2 Å². The minimum Gasteiger partial charge on any atom is -0.329 e. The Hall–Kier alpha value is -1.05. The van der Waals surface area contributed by atoms with Crippen LogP contribution in [-0.2, 0) is 16.4 Å². The zero-order chi connectivity index (χ0) is 14.5. The van der Waals surface area contributed by atoms with Gasteiger partial charge < -0.3 is 5.73 Å². The zero-order valence-corrected chi connectivity index (χ0v) is 11.7. The number of halogens is 2. The average Bonchev–Trinajstić information content (AvgIpc) is 2.88. The topological polar surface area (TPSA) is 63.4 Å². The molecule has 1 aromatic rings. The van der Waals surface area contributed by atoms with Crippen molar-refractivity contribution >= 4 is 9.84 Å². The summed E-state index contributed by atoms with van der Waals surface area (Å²) in [5.41, 5.74) is 6.72. The van der Waals surface area contributed by atoms with Crippen molar-refractivity contribution in [2.75, 3.05) is 18.1 Å². The maximum absolute atomic E-state index is 14.0. The third-order valence-electron chi connectivity index (χ3n) is 4.17. The van der Waals surface area contributed by atoms with E-state index in [2.05, 4.69) is 0 Å². The molecule has 1 aromatic carbocycles. The first kappa shape index (κ1) is 13.9. The molecule has 2 heterocycles.